The lowest BCUT2D eigenvalue weighted by molar-refractivity contribution is 0.0699. The Kier molecular flexibility index (Phi) is 2.84. The van der Waals surface area contributed by atoms with Gasteiger partial charge in [0, 0.05) is 5.56 Å². The van der Waals surface area contributed by atoms with Gasteiger partial charge in [-0.2, -0.15) is 0 Å². The van der Waals surface area contributed by atoms with Gasteiger partial charge in [0.15, 0.2) is 0 Å². The lowest BCUT2D eigenvalue weighted by Crippen LogP contribution is -2.01. The van der Waals surface area contributed by atoms with Crippen molar-refractivity contribution in [2.24, 2.45) is 0 Å². The fraction of sp³-hybridized carbons (Fsp3) is 0.133. The van der Waals surface area contributed by atoms with Crippen molar-refractivity contribution in [2.75, 3.05) is 0 Å². The van der Waals surface area contributed by atoms with Crippen molar-refractivity contribution in [2.45, 2.75) is 13.0 Å². The van der Waals surface area contributed by atoms with Crippen LogP contribution in [0.3, 0.4) is 0 Å². The van der Waals surface area contributed by atoms with Gasteiger partial charge in [-0.25, -0.2) is 14.8 Å². The Labute approximate surface area is 114 Å². The molecule has 3 rings (SSSR count). The molecule has 0 aliphatic rings. The Hall–Kier alpha value is -2.53. The average molecular weight is 268 g/mol. The van der Waals surface area contributed by atoms with Crippen LogP contribution in [0.4, 0.5) is 0 Å². The van der Waals surface area contributed by atoms with E-state index in [1.807, 2.05) is 0 Å². The molecule has 2 aromatic carbocycles. The largest absolute Gasteiger partial charge is 0.478 e. The highest BCUT2D eigenvalue weighted by molar-refractivity contribution is 6.02. The standard InChI is InChI=1S/C15H12N2O3/c1-8(18)9-4-2-6-11-13(9)16-12-7-3-5-10(15(19)20)14(12)17-11/h2-8,18H,1H3,(H,19,20). The minimum Gasteiger partial charge on any atom is -0.478 e. The second kappa shape index (κ2) is 4.54. The quantitative estimate of drug-likeness (QED) is 0.698. The molecule has 1 aromatic heterocycles. The average Bonchev–Trinajstić information content (AvgIpc) is 2.43. The fourth-order valence-electron chi connectivity index (χ4n) is 2.25. The third-order valence-electron chi connectivity index (χ3n) is 3.21. The molecule has 0 aliphatic heterocycles. The van der Waals surface area contributed by atoms with Crippen molar-refractivity contribution >= 4 is 28.0 Å². The molecule has 0 spiro atoms. The van der Waals surface area contributed by atoms with Crippen LogP contribution >= 0.6 is 0 Å². The predicted octanol–water partition coefficient (Wildman–Crippen LogP) is 2.53. The Balaban J connectivity index is 2.43. The molecule has 5 heteroatoms. The Morgan fingerprint density at radius 2 is 1.65 bits per heavy atom. The maximum absolute atomic E-state index is 11.2. The number of benzene rings is 2. The van der Waals surface area contributed by atoms with E-state index in [1.54, 1.807) is 37.3 Å². The zero-order chi connectivity index (χ0) is 14.3. The molecule has 5 nitrogen and oxygen atoms in total. The van der Waals surface area contributed by atoms with Gasteiger partial charge in [-0.15, -0.1) is 0 Å². The maximum atomic E-state index is 11.2. The highest BCUT2D eigenvalue weighted by atomic mass is 16.4. The molecule has 0 aliphatic carbocycles. The normalized spacial score (nSPS) is 12.7. The summed E-state index contributed by atoms with van der Waals surface area (Å²) in [5.74, 6) is -1.03. The first-order valence-corrected chi connectivity index (χ1v) is 6.18. The number of aromatic nitrogens is 2. The van der Waals surface area contributed by atoms with Gasteiger partial charge < -0.3 is 10.2 Å². The number of para-hydroxylation sites is 2. The minimum absolute atomic E-state index is 0.124. The van der Waals surface area contributed by atoms with Gasteiger partial charge >= 0.3 is 5.97 Å². The summed E-state index contributed by atoms with van der Waals surface area (Å²) < 4.78 is 0. The van der Waals surface area contributed by atoms with Crippen LogP contribution < -0.4 is 0 Å². The molecule has 0 fully saturated rings. The van der Waals surface area contributed by atoms with E-state index in [0.717, 1.165) is 0 Å². The molecule has 100 valence electrons. The molecule has 0 saturated heterocycles. The first kappa shape index (κ1) is 12.5. The second-order valence-electron chi connectivity index (χ2n) is 4.59. The molecule has 20 heavy (non-hydrogen) atoms. The lowest BCUT2D eigenvalue weighted by atomic mass is 10.1. The van der Waals surface area contributed by atoms with Crippen LogP contribution in [0.2, 0.25) is 0 Å². The first-order chi connectivity index (χ1) is 9.58. The van der Waals surface area contributed by atoms with Gasteiger partial charge in [-0.1, -0.05) is 18.2 Å². The molecule has 1 atom stereocenters. The highest BCUT2D eigenvalue weighted by Gasteiger charge is 2.14. The summed E-state index contributed by atoms with van der Waals surface area (Å²) in [7, 11) is 0. The summed E-state index contributed by atoms with van der Waals surface area (Å²) in [6.07, 6.45) is -0.659. The number of aromatic carboxylic acids is 1. The lowest BCUT2D eigenvalue weighted by Gasteiger charge is -2.09. The summed E-state index contributed by atoms with van der Waals surface area (Å²) in [4.78, 5) is 20.1. The molecule has 0 amide bonds. The van der Waals surface area contributed by atoms with Crippen molar-refractivity contribution in [3.63, 3.8) is 0 Å². The number of carboxylic acids is 1. The van der Waals surface area contributed by atoms with Crippen LogP contribution in [0, 0.1) is 0 Å². The van der Waals surface area contributed by atoms with Gasteiger partial charge in [0.25, 0.3) is 0 Å². The Morgan fingerprint density at radius 1 is 1.05 bits per heavy atom. The van der Waals surface area contributed by atoms with Crippen LogP contribution in [0.5, 0.6) is 0 Å². The van der Waals surface area contributed by atoms with Gasteiger partial charge in [-0.3, -0.25) is 0 Å². The molecule has 0 radical (unpaired) electrons. The number of nitrogens with zero attached hydrogens (tertiary/aromatic N) is 2. The number of carbonyl (C=O) groups is 1. The minimum atomic E-state index is -1.03. The number of rotatable bonds is 2. The topological polar surface area (TPSA) is 83.3 Å². The van der Waals surface area contributed by atoms with Gasteiger partial charge in [-0.05, 0) is 25.1 Å². The number of fused-ring (bicyclic) bond motifs is 2. The first-order valence-electron chi connectivity index (χ1n) is 6.18. The van der Waals surface area contributed by atoms with E-state index in [4.69, 9.17) is 0 Å². The van der Waals surface area contributed by atoms with E-state index < -0.39 is 12.1 Å². The van der Waals surface area contributed by atoms with Crippen molar-refractivity contribution in [1.29, 1.82) is 0 Å². The van der Waals surface area contributed by atoms with Gasteiger partial charge in [0.05, 0.1) is 28.2 Å². The summed E-state index contributed by atoms with van der Waals surface area (Å²) in [5, 5.41) is 19.0. The predicted molar refractivity (Wildman–Crippen MR) is 74.6 cm³/mol. The number of aliphatic hydroxyl groups excluding tert-OH is 1. The van der Waals surface area contributed by atoms with Crippen LogP contribution in [0.15, 0.2) is 36.4 Å². The number of hydrogen-bond donors (Lipinski definition) is 2. The van der Waals surface area contributed by atoms with E-state index in [-0.39, 0.29) is 5.56 Å². The van der Waals surface area contributed by atoms with Gasteiger partial charge in [0.1, 0.15) is 5.52 Å². The van der Waals surface area contributed by atoms with Crippen LogP contribution in [-0.2, 0) is 0 Å². The molecule has 1 unspecified atom stereocenters. The van der Waals surface area contributed by atoms with E-state index in [0.29, 0.717) is 27.6 Å². The summed E-state index contributed by atoms with van der Waals surface area (Å²) in [6, 6.07) is 10.2. The van der Waals surface area contributed by atoms with Crippen molar-refractivity contribution < 1.29 is 15.0 Å². The third kappa shape index (κ3) is 1.88. The fourth-order valence-corrected chi connectivity index (χ4v) is 2.25. The number of aliphatic hydroxyl groups is 1. The van der Waals surface area contributed by atoms with Crippen molar-refractivity contribution in [1.82, 2.24) is 9.97 Å². The number of hydrogen-bond acceptors (Lipinski definition) is 4. The molecule has 2 N–H and O–H groups in total. The molecule has 0 saturated carbocycles. The molecule has 3 aromatic rings. The van der Waals surface area contributed by atoms with Crippen molar-refractivity contribution in [3.05, 3.63) is 47.5 Å². The van der Waals surface area contributed by atoms with Crippen LogP contribution in [0.1, 0.15) is 28.9 Å². The van der Waals surface area contributed by atoms with E-state index >= 15 is 0 Å². The summed E-state index contributed by atoms with van der Waals surface area (Å²) in [6.45, 7) is 1.66. The summed E-state index contributed by atoms with van der Waals surface area (Å²) in [5.41, 5.74) is 2.83. The third-order valence-corrected chi connectivity index (χ3v) is 3.21. The zero-order valence-corrected chi connectivity index (χ0v) is 10.7. The van der Waals surface area contributed by atoms with E-state index in [9.17, 15) is 15.0 Å². The van der Waals surface area contributed by atoms with E-state index in [2.05, 4.69) is 9.97 Å². The molecular formula is C15H12N2O3. The molecular weight excluding hydrogens is 256 g/mol. The SMILES string of the molecule is CC(O)c1cccc2nc3c(C(=O)O)cccc3nc12. The van der Waals surface area contributed by atoms with Crippen LogP contribution in [-0.4, -0.2) is 26.2 Å². The Bertz CT molecular complexity index is 828. The second-order valence-corrected chi connectivity index (χ2v) is 4.59. The highest BCUT2D eigenvalue weighted by Crippen LogP contribution is 2.25. The van der Waals surface area contributed by atoms with Gasteiger partial charge in [0.2, 0.25) is 0 Å². The molecule has 0 bridgehead atoms. The molecule has 1 heterocycles. The Morgan fingerprint density at radius 3 is 2.30 bits per heavy atom. The van der Waals surface area contributed by atoms with Crippen molar-refractivity contribution in [3.8, 4) is 0 Å². The van der Waals surface area contributed by atoms with Crippen LogP contribution in [0.25, 0.3) is 22.1 Å². The van der Waals surface area contributed by atoms with E-state index in [1.165, 1.54) is 6.07 Å². The number of carboxylic acid groups (broad SMARTS) is 1. The zero-order valence-electron chi connectivity index (χ0n) is 10.7. The monoisotopic (exact) mass is 268 g/mol. The smallest absolute Gasteiger partial charge is 0.337 e. The summed E-state index contributed by atoms with van der Waals surface area (Å²) >= 11 is 0. The maximum Gasteiger partial charge on any atom is 0.337 e.